The second kappa shape index (κ2) is 8.31. The molecule has 1 atom stereocenters. The fraction of sp³-hybridized carbons (Fsp3) is 0.478. The zero-order valence-electron chi connectivity index (χ0n) is 17.5. The number of hydrogen-bond donors (Lipinski definition) is 0. The molecule has 3 aromatic heterocycles. The number of rotatable bonds is 5. The van der Waals surface area contributed by atoms with Crippen molar-refractivity contribution in [2.45, 2.75) is 57.8 Å². The Morgan fingerprint density at radius 1 is 1.07 bits per heavy atom. The lowest BCUT2D eigenvalue weighted by atomic mass is 9.91. The average molecular weight is 392 g/mol. The van der Waals surface area contributed by atoms with Crippen LogP contribution in [0.2, 0.25) is 0 Å². The molecule has 4 rings (SSSR count). The Morgan fingerprint density at radius 2 is 1.86 bits per heavy atom. The van der Waals surface area contributed by atoms with Crippen LogP contribution in [0.3, 0.4) is 0 Å². The van der Waals surface area contributed by atoms with Crippen LogP contribution in [0.15, 0.2) is 47.4 Å². The lowest BCUT2D eigenvalue weighted by Gasteiger charge is -2.30. The van der Waals surface area contributed by atoms with Gasteiger partial charge in [0.1, 0.15) is 5.82 Å². The number of aromatic nitrogens is 4. The number of pyridine rings is 2. The molecule has 1 unspecified atom stereocenters. The summed E-state index contributed by atoms with van der Waals surface area (Å²) >= 11 is 0. The van der Waals surface area contributed by atoms with E-state index in [0.717, 1.165) is 30.9 Å². The van der Waals surface area contributed by atoms with E-state index in [4.69, 9.17) is 14.5 Å². The van der Waals surface area contributed by atoms with Crippen molar-refractivity contribution in [2.75, 3.05) is 18.0 Å². The summed E-state index contributed by atoms with van der Waals surface area (Å²) in [6, 6.07) is 8.23. The van der Waals surface area contributed by atoms with Crippen LogP contribution >= 0.6 is 0 Å². The first kappa shape index (κ1) is 19.6. The smallest absolute Gasteiger partial charge is 0.232 e. The minimum absolute atomic E-state index is 0.0312. The van der Waals surface area contributed by atoms with E-state index >= 15 is 0 Å². The first-order valence-corrected chi connectivity index (χ1v) is 10.5. The normalized spacial score (nSPS) is 16.0. The maximum atomic E-state index is 5.61. The summed E-state index contributed by atoms with van der Waals surface area (Å²) in [7, 11) is 0. The van der Waals surface area contributed by atoms with Crippen molar-refractivity contribution in [1.29, 1.82) is 0 Å². The van der Waals surface area contributed by atoms with Crippen molar-refractivity contribution in [3.63, 3.8) is 0 Å². The van der Waals surface area contributed by atoms with Crippen LogP contribution in [0.1, 0.15) is 68.8 Å². The van der Waals surface area contributed by atoms with Gasteiger partial charge in [0.05, 0.1) is 5.92 Å². The van der Waals surface area contributed by atoms with E-state index < -0.39 is 0 Å². The Balaban J connectivity index is 1.69. The molecular formula is C23H29N5O. The van der Waals surface area contributed by atoms with E-state index in [-0.39, 0.29) is 11.3 Å². The SMILES string of the molecule is CC(C)(C)c1nc(C(Cc2cccnc2N2CCCCC2)c2cccnc2)no1. The molecule has 0 amide bonds. The number of piperidine rings is 1. The zero-order valence-corrected chi connectivity index (χ0v) is 17.5. The standard InChI is InChI=1S/C23H29N5O/c1-23(2,3)22-26-20(27-29-22)19(18-10-7-11-24-16-18)15-17-9-8-12-25-21(17)28-13-5-4-6-14-28/h7-12,16,19H,4-6,13-15H2,1-3H3. The van der Waals surface area contributed by atoms with E-state index in [1.807, 2.05) is 24.5 Å². The lowest BCUT2D eigenvalue weighted by molar-refractivity contribution is 0.317. The van der Waals surface area contributed by atoms with Crippen molar-refractivity contribution in [3.05, 3.63) is 65.7 Å². The van der Waals surface area contributed by atoms with Gasteiger partial charge >= 0.3 is 0 Å². The topological polar surface area (TPSA) is 67.9 Å². The van der Waals surface area contributed by atoms with E-state index in [1.54, 1.807) is 6.20 Å². The molecule has 3 aromatic rings. The number of hydrogen-bond acceptors (Lipinski definition) is 6. The predicted octanol–water partition coefficient (Wildman–Crippen LogP) is 4.52. The van der Waals surface area contributed by atoms with Crippen LogP contribution in [0, 0.1) is 0 Å². The first-order chi connectivity index (χ1) is 14.0. The van der Waals surface area contributed by atoms with Gasteiger partial charge in [0.25, 0.3) is 0 Å². The van der Waals surface area contributed by atoms with Gasteiger partial charge in [-0.15, -0.1) is 0 Å². The van der Waals surface area contributed by atoms with Gasteiger partial charge in [-0.2, -0.15) is 4.98 Å². The van der Waals surface area contributed by atoms with Crippen molar-refractivity contribution >= 4 is 5.82 Å². The Labute approximate surface area is 172 Å². The highest BCUT2D eigenvalue weighted by atomic mass is 16.5. The van der Waals surface area contributed by atoms with Crippen molar-refractivity contribution in [2.24, 2.45) is 0 Å². The molecule has 6 heteroatoms. The molecule has 1 aliphatic heterocycles. The first-order valence-electron chi connectivity index (χ1n) is 10.5. The maximum Gasteiger partial charge on any atom is 0.232 e. The van der Waals surface area contributed by atoms with Crippen molar-refractivity contribution in [1.82, 2.24) is 20.1 Å². The van der Waals surface area contributed by atoms with E-state index in [2.05, 4.69) is 47.9 Å². The highest BCUT2D eigenvalue weighted by Gasteiger charge is 2.28. The van der Waals surface area contributed by atoms with Crippen molar-refractivity contribution < 1.29 is 4.52 Å². The maximum absolute atomic E-state index is 5.61. The van der Waals surface area contributed by atoms with Gasteiger partial charge in [-0.3, -0.25) is 4.98 Å². The molecular weight excluding hydrogens is 362 g/mol. The summed E-state index contributed by atoms with van der Waals surface area (Å²) in [6.45, 7) is 8.38. The van der Waals surface area contributed by atoms with Crippen LogP contribution in [0.4, 0.5) is 5.82 Å². The van der Waals surface area contributed by atoms with Gasteiger partial charge in [-0.05, 0) is 48.9 Å². The third kappa shape index (κ3) is 4.47. The molecule has 0 saturated carbocycles. The van der Waals surface area contributed by atoms with Gasteiger partial charge in [0.2, 0.25) is 5.89 Å². The Morgan fingerprint density at radius 3 is 2.55 bits per heavy atom. The van der Waals surface area contributed by atoms with Gasteiger partial charge in [-0.1, -0.05) is 38.1 Å². The highest BCUT2D eigenvalue weighted by Crippen LogP contribution is 2.32. The van der Waals surface area contributed by atoms with E-state index in [1.165, 1.54) is 24.8 Å². The Kier molecular flexibility index (Phi) is 5.60. The van der Waals surface area contributed by atoms with Crippen LogP contribution < -0.4 is 4.90 Å². The monoisotopic (exact) mass is 391 g/mol. The predicted molar refractivity (Wildman–Crippen MR) is 113 cm³/mol. The fourth-order valence-corrected chi connectivity index (χ4v) is 3.82. The lowest BCUT2D eigenvalue weighted by Crippen LogP contribution is -2.31. The summed E-state index contributed by atoms with van der Waals surface area (Å²) in [5.74, 6) is 2.41. The van der Waals surface area contributed by atoms with E-state index in [9.17, 15) is 0 Å². The summed E-state index contributed by atoms with van der Waals surface area (Å²) in [5, 5.41) is 4.35. The largest absolute Gasteiger partial charge is 0.356 e. The highest BCUT2D eigenvalue weighted by molar-refractivity contribution is 5.48. The molecule has 0 N–H and O–H groups in total. The summed E-state index contributed by atoms with van der Waals surface area (Å²) in [4.78, 5) is 16.2. The third-order valence-corrected chi connectivity index (χ3v) is 5.43. The fourth-order valence-electron chi connectivity index (χ4n) is 3.82. The summed E-state index contributed by atoms with van der Waals surface area (Å²) in [6.07, 6.45) is 10.1. The number of anilines is 1. The molecule has 0 bridgehead atoms. The minimum atomic E-state index is -0.183. The van der Waals surface area contributed by atoms with Gasteiger partial charge in [0, 0.05) is 37.1 Å². The quantitative estimate of drug-likeness (QED) is 0.637. The average Bonchev–Trinajstić information content (AvgIpc) is 3.24. The Bertz CT molecular complexity index is 926. The molecule has 4 heterocycles. The van der Waals surface area contributed by atoms with E-state index in [0.29, 0.717) is 11.7 Å². The third-order valence-electron chi connectivity index (χ3n) is 5.43. The summed E-state index contributed by atoms with van der Waals surface area (Å²) in [5.41, 5.74) is 2.12. The Hall–Kier alpha value is -2.76. The van der Waals surface area contributed by atoms with Gasteiger partial charge < -0.3 is 9.42 Å². The van der Waals surface area contributed by atoms with Crippen LogP contribution in [-0.4, -0.2) is 33.2 Å². The molecule has 1 aliphatic rings. The molecule has 1 fully saturated rings. The summed E-state index contributed by atoms with van der Waals surface area (Å²) < 4.78 is 5.61. The molecule has 1 saturated heterocycles. The molecule has 6 nitrogen and oxygen atoms in total. The molecule has 0 aliphatic carbocycles. The second-order valence-corrected chi connectivity index (χ2v) is 8.78. The zero-order chi connectivity index (χ0) is 20.3. The molecule has 152 valence electrons. The second-order valence-electron chi connectivity index (χ2n) is 8.78. The molecule has 0 aromatic carbocycles. The van der Waals surface area contributed by atoms with Crippen LogP contribution in [-0.2, 0) is 11.8 Å². The number of nitrogens with zero attached hydrogens (tertiary/aromatic N) is 5. The van der Waals surface area contributed by atoms with Crippen LogP contribution in [0.5, 0.6) is 0 Å². The van der Waals surface area contributed by atoms with Gasteiger partial charge in [-0.25, -0.2) is 4.98 Å². The molecule has 29 heavy (non-hydrogen) atoms. The molecule has 0 radical (unpaired) electrons. The molecule has 0 spiro atoms. The van der Waals surface area contributed by atoms with Gasteiger partial charge in [0.15, 0.2) is 5.82 Å². The minimum Gasteiger partial charge on any atom is -0.356 e. The van der Waals surface area contributed by atoms with Crippen molar-refractivity contribution in [3.8, 4) is 0 Å². The van der Waals surface area contributed by atoms with Crippen LogP contribution in [0.25, 0.3) is 0 Å².